The molecule has 9 nitrogen and oxygen atoms in total. The van der Waals surface area contributed by atoms with Gasteiger partial charge in [-0.3, -0.25) is 14.4 Å². The standard InChI is InChI=1S/C33H40O9/c1-18-24(40-19(2)34)15-23-26(41-20(3)35)14-22-17-33(6,31(39)30(38)29(18)32(23,4)5)27(36)16-25(22)42-28(37)13-12-21-10-8-7-9-11-21/h7-14,23-27,30,36,38H,15-17H2,1-6H3/b13-12-,22-14+/t23-,24-,25-,26-,27-,30+,33-/m0/s1. The largest absolute Gasteiger partial charge is 0.458 e. The van der Waals surface area contributed by atoms with Gasteiger partial charge >= 0.3 is 17.9 Å². The molecule has 1 saturated carbocycles. The molecule has 9 heteroatoms. The summed E-state index contributed by atoms with van der Waals surface area (Å²) in [6.45, 7) is 9.59. The average Bonchev–Trinajstić information content (AvgIpc) is 2.90. The van der Waals surface area contributed by atoms with Crippen LogP contribution in [0.5, 0.6) is 0 Å². The third kappa shape index (κ3) is 6.13. The summed E-state index contributed by atoms with van der Waals surface area (Å²) in [5.41, 5.74) is -0.0597. The van der Waals surface area contributed by atoms with E-state index in [1.54, 1.807) is 26.0 Å². The Bertz CT molecular complexity index is 1340. The van der Waals surface area contributed by atoms with Gasteiger partial charge in [-0.2, -0.15) is 0 Å². The number of rotatable bonds is 5. The van der Waals surface area contributed by atoms with E-state index < -0.39 is 71.0 Å². The van der Waals surface area contributed by atoms with Crippen molar-refractivity contribution in [3.8, 4) is 0 Å². The molecule has 2 N–H and O–H groups in total. The van der Waals surface area contributed by atoms with Crippen molar-refractivity contribution in [1.82, 2.24) is 0 Å². The molecule has 0 unspecified atom stereocenters. The molecule has 0 aliphatic heterocycles. The van der Waals surface area contributed by atoms with E-state index in [1.165, 1.54) is 19.9 Å². The van der Waals surface area contributed by atoms with E-state index in [4.69, 9.17) is 14.2 Å². The minimum Gasteiger partial charge on any atom is -0.458 e. The summed E-state index contributed by atoms with van der Waals surface area (Å²) in [6, 6.07) is 9.22. The lowest BCUT2D eigenvalue weighted by Crippen LogP contribution is -2.56. The second kappa shape index (κ2) is 12.0. The number of aliphatic hydroxyl groups is 2. The maximum atomic E-state index is 14.0. The lowest BCUT2D eigenvalue weighted by Gasteiger charge is -2.50. The maximum Gasteiger partial charge on any atom is 0.331 e. The molecule has 3 aliphatic rings. The van der Waals surface area contributed by atoms with Gasteiger partial charge in [-0.15, -0.1) is 0 Å². The van der Waals surface area contributed by atoms with E-state index in [9.17, 15) is 29.4 Å². The first-order valence-corrected chi connectivity index (χ1v) is 14.3. The van der Waals surface area contributed by atoms with Crippen molar-refractivity contribution in [3.63, 3.8) is 0 Å². The van der Waals surface area contributed by atoms with E-state index in [0.717, 1.165) is 5.56 Å². The lowest BCUT2D eigenvalue weighted by atomic mass is 9.57. The molecule has 1 aromatic carbocycles. The van der Waals surface area contributed by atoms with E-state index >= 15 is 0 Å². The molecule has 0 amide bonds. The summed E-state index contributed by atoms with van der Waals surface area (Å²) in [5.74, 6) is -2.80. The summed E-state index contributed by atoms with van der Waals surface area (Å²) >= 11 is 0. The molecule has 4 bridgehead atoms. The summed E-state index contributed by atoms with van der Waals surface area (Å²) in [5, 5.41) is 22.9. The minimum absolute atomic E-state index is 0.0188. The second-order valence-corrected chi connectivity index (χ2v) is 12.4. The van der Waals surface area contributed by atoms with Gasteiger partial charge in [0.1, 0.15) is 24.4 Å². The number of benzene rings is 1. The molecule has 0 heterocycles. The SMILES string of the molecule is CC(=O)O[C@H]1C[C@H]2[C@@H](OC(C)=O)/C=C3\C[C@](C)(C(=O)[C@H](O)C(=C1C)C2(C)C)[C@@H](O)C[C@@H]3OC(=O)/C=C\c1ccccc1. The Kier molecular flexibility index (Phi) is 8.94. The van der Waals surface area contributed by atoms with Crippen molar-refractivity contribution >= 4 is 29.8 Å². The molecule has 0 spiro atoms. The highest BCUT2D eigenvalue weighted by Gasteiger charge is 2.56. The maximum absolute atomic E-state index is 14.0. The molecule has 7 atom stereocenters. The van der Waals surface area contributed by atoms with Crippen LogP contribution in [0.2, 0.25) is 0 Å². The third-order valence-electron chi connectivity index (χ3n) is 9.09. The number of carbonyl (C=O) groups is 4. The van der Waals surface area contributed by atoms with Crippen molar-refractivity contribution < 1.29 is 43.6 Å². The van der Waals surface area contributed by atoms with Crippen LogP contribution in [-0.2, 0) is 33.4 Å². The van der Waals surface area contributed by atoms with E-state index in [1.807, 2.05) is 44.2 Å². The first-order chi connectivity index (χ1) is 19.6. The van der Waals surface area contributed by atoms with Crippen molar-refractivity contribution in [1.29, 1.82) is 0 Å². The number of Topliss-reactive ketones (excluding diaryl/α,β-unsaturated/α-hetero) is 1. The Balaban J connectivity index is 1.82. The second-order valence-electron chi connectivity index (χ2n) is 12.4. The first kappa shape index (κ1) is 31.4. The highest BCUT2D eigenvalue weighted by atomic mass is 16.6. The van der Waals surface area contributed by atoms with Gasteiger partial charge < -0.3 is 24.4 Å². The topological polar surface area (TPSA) is 136 Å². The van der Waals surface area contributed by atoms with Crippen molar-refractivity contribution in [2.75, 3.05) is 0 Å². The molecular weight excluding hydrogens is 540 g/mol. The molecule has 42 heavy (non-hydrogen) atoms. The number of ether oxygens (including phenoxy) is 3. The van der Waals surface area contributed by atoms with Crippen LogP contribution in [0.3, 0.4) is 0 Å². The average molecular weight is 581 g/mol. The van der Waals surface area contributed by atoms with Crippen molar-refractivity contribution in [3.05, 3.63) is 64.8 Å². The molecule has 0 radical (unpaired) electrons. The summed E-state index contributed by atoms with van der Waals surface area (Å²) in [7, 11) is 0. The fourth-order valence-corrected chi connectivity index (χ4v) is 6.83. The number of hydrogen-bond donors (Lipinski definition) is 2. The molecule has 226 valence electrons. The zero-order valence-electron chi connectivity index (χ0n) is 25.0. The quantitative estimate of drug-likeness (QED) is 0.230. The van der Waals surface area contributed by atoms with Gasteiger partial charge in [-0.05, 0) is 66.5 Å². The summed E-state index contributed by atoms with van der Waals surface area (Å²) in [4.78, 5) is 51.3. The van der Waals surface area contributed by atoms with Crippen LogP contribution in [0.4, 0.5) is 0 Å². The predicted octanol–water partition coefficient (Wildman–Crippen LogP) is 3.87. The highest BCUT2D eigenvalue weighted by molar-refractivity contribution is 5.93. The van der Waals surface area contributed by atoms with Crippen LogP contribution >= 0.6 is 0 Å². The van der Waals surface area contributed by atoms with Gasteiger partial charge in [0.05, 0.1) is 11.5 Å². The Hall–Kier alpha value is -3.56. The highest BCUT2D eigenvalue weighted by Crippen LogP contribution is 2.53. The number of esters is 3. The molecule has 0 saturated heterocycles. The summed E-state index contributed by atoms with van der Waals surface area (Å²) in [6.07, 6.45) is -0.588. The van der Waals surface area contributed by atoms with Crippen LogP contribution < -0.4 is 0 Å². The number of carbonyl (C=O) groups excluding carboxylic acids is 4. The fourth-order valence-electron chi connectivity index (χ4n) is 6.83. The summed E-state index contributed by atoms with van der Waals surface area (Å²) < 4.78 is 17.2. The van der Waals surface area contributed by atoms with E-state index in [2.05, 4.69) is 0 Å². The van der Waals surface area contributed by atoms with Gasteiger partial charge in [0.25, 0.3) is 0 Å². The Morgan fingerprint density at radius 3 is 2.19 bits per heavy atom. The molecule has 1 aromatic rings. The molecular formula is C33H40O9. The molecule has 4 rings (SSSR count). The number of hydrogen-bond acceptors (Lipinski definition) is 9. The normalized spacial score (nSPS) is 33.8. The Labute approximate surface area is 246 Å². The van der Waals surface area contributed by atoms with Gasteiger partial charge in [0.2, 0.25) is 0 Å². The molecule has 0 aromatic heterocycles. The first-order valence-electron chi connectivity index (χ1n) is 14.3. The number of ketones is 1. The lowest BCUT2D eigenvalue weighted by molar-refractivity contribution is -0.157. The van der Waals surface area contributed by atoms with Crippen LogP contribution in [-0.4, -0.2) is 64.4 Å². The fraction of sp³-hybridized carbons (Fsp3) is 0.515. The monoisotopic (exact) mass is 580 g/mol. The number of aliphatic hydroxyl groups excluding tert-OH is 2. The van der Waals surface area contributed by atoms with Crippen LogP contribution in [0.15, 0.2) is 59.2 Å². The van der Waals surface area contributed by atoms with Crippen molar-refractivity contribution in [2.24, 2.45) is 16.7 Å². The van der Waals surface area contributed by atoms with Crippen LogP contribution in [0.25, 0.3) is 6.08 Å². The van der Waals surface area contributed by atoms with Gasteiger partial charge in [-0.25, -0.2) is 4.79 Å². The van der Waals surface area contributed by atoms with E-state index in [0.29, 0.717) is 16.7 Å². The molecule has 3 aliphatic carbocycles. The van der Waals surface area contributed by atoms with Crippen LogP contribution in [0, 0.1) is 16.7 Å². The smallest absolute Gasteiger partial charge is 0.331 e. The Morgan fingerprint density at radius 2 is 1.57 bits per heavy atom. The zero-order valence-corrected chi connectivity index (χ0v) is 25.0. The number of fused-ring (bicyclic) bond motifs is 4. The molecule has 1 fully saturated rings. The third-order valence-corrected chi connectivity index (χ3v) is 9.09. The van der Waals surface area contributed by atoms with Crippen LogP contribution in [0.1, 0.15) is 66.4 Å². The van der Waals surface area contributed by atoms with Crippen molar-refractivity contribution in [2.45, 2.75) is 91.3 Å². The Morgan fingerprint density at radius 1 is 0.929 bits per heavy atom. The zero-order chi connectivity index (χ0) is 31.0. The van der Waals surface area contributed by atoms with E-state index in [-0.39, 0.29) is 19.3 Å². The predicted molar refractivity (Wildman–Crippen MR) is 153 cm³/mol. The van der Waals surface area contributed by atoms with Gasteiger partial charge in [-0.1, -0.05) is 44.2 Å². The van der Waals surface area contributed by atoms with Gasteiger partial charge in [0.15, 0.2) is 5.78 Å². The van der Waals surface area contributed by atoms with Gasteiger partial charge in [0, 0.05) is 32.3 Å². The minimum atomic E-state index is -1.61.